The van der Waals surface area contributed by atoms with Crippen LogP contribution in [-0.4, -0.2) is 21.4 Å². The molecule has 2 N–H and O–H groups in total. The zero-order valence-electron chi connectivity index (χ0n) is 9.27. The van der Waals surface area contributed by atoms with Crippen LogP contribution in [0.25, 0.3) is 0 Å². The summed E-state index contributed by atoms with van der Waals surface area (Å²) < 4.78 is 1.74. The number of aliphatic hydroxyl groups excluding tert-OH is 1. The third-order valence-corrected chi connectivity index (χ3v) is 2.66. The third kappa shape index (κ3) is 2.21. The molecule has 4 heteroatoms. The lowest BCUT2D eigenvalue weighted by atomic mass is 10.0. The largest absolute Gasteiger partial charge is 0.503 e. The number of hydrogen-bond acceptors (Lipinski definition) is 3. The predicted molar refractivity (Wildman–Crippen MR) is 58.1 cm³/mol. The fraction of sp³-hybridized carbons (Fsp3) is 0.545. The van der Waals surface area contributed by atoms with Crippen LogP contribution < -0.4 is 5.43 Å². The van der Waals surface area contributed by atoms with Crippen molar-refractivity contribution in [3.63, 3.8) is 0 Å². The van der Waals surface area contributed by atoms with Gasteiger partial charge < -0.3 is 14.8 Å². The molecule has 15 heavy (non-hydrogen) atoms. The Kier molecular flexibility index (Phi) is 3.52. The molecule has 0 aromatic carbocycles. The van der Waals surface area contributed by atoms with Gasteiger partial charge >= 0.3 is 0 Å². The number of hydrogen-bond donors (Lipinski definition) is 2. The minimum Gasteiger partial charge on any atom is -0.503 e. The molecule has 1 rings (SSSR count). The molecular weight excluding hydrogens is 194 g/mol. The second-order valence-electron chi connectivity index (χ2n) is 4.02. The van der Waals surface area contributed by atoms with Gasteiger partial charge in [-0.3, -0.25) is 4.79 Å². The van der Waals surface area contributed by atoms with Crippen molar-refractivity contribution in [1.82, 2.24) is 4.57 Å². The Balaban J connectivity index is 3.25. The maximum atomic E-state index is 11.1. The molecule has 0 fully saturated rings. The minimum atomic E-state index is -0.385. The molecule has 0 radical (unpaired) electrons. The Morgan fingerprint density at radius 2 is 2.07 bits per heavy atom. The summed E-state index contributed by atoms with van der Waals surface area (Å²) in [6.07, 6.45) is 1.61. The molecule has 0 unspecified atom stereocenters. The number of aromatic hydroxyl groups is 1. The Bertz CT molecular complexity index is 395. The van der Waals surface area contributed by atoms with E-state index < -0.39 is 0 Å². The van der Waals surface area contributed by atoms with Crippen molar-refractivity contribution in [3.05, 3.63) is 28.2 Å². The summed E-state index contributed by atoms with van der Waals surface area (Å²) in [5, 5.41) is 18.8. The van der Waals surface area contributed by atoms with Crippen LogP contribution in [0.3, 0.4) is 0 Å². The monoisotopic (exact) mass is 211 g/mol. The van der Waals surface area contributed by atoms with E-state index in [2.05, 4.69) is 0 Å². The van der Waals surface area contributed by atoms with E-state index in [4.69, 9.17) is 0 Å². The summed E-state index contributed by atoms with van der Waals surface area (Å²) in [7, 11) is 0. The molecule has 0 amide bonds. The first-order chi connectivity index (χ1) is 6.99. The fourth-order valence-electron chi connectivity index (χ4n) is 1.62. The van der Waals surface area contributed by atoms with Crippen molar-refractivity contribution in [2.24, 2.45) is 5.92 Å². The molecule has 1 aromatic rings. The second kappa shape index (κ2) is 4.49. The number of rotatable bonds is 3. The van der Waals surface area contributed by atoms with Crippen molar-refractivity contribution < 1.29 is 10.2 Å². The van der Waals surface area contributed by atoms with E-state index >= 15 is 0 Å². The second-order valence-corrected chi connectivity index (χ2v) is 4.02. The van der Waals surface area contributed by atoms with Crippen LogP contribution in [0.5, 0.6) is 5.75 Å². The smallest absolute Gasteiger partial charge is 0.223 e. The number of pyridine rings is 1. The molecule has 0 saturated heterocycles. The maximum absolute atomic E-state index is 11.1. The van der Waals surface area contributed by atoms with Gasteiger partial charge in [-0.05, 0) is 12.8 Å². The molecule has 1 aromatic heterocycles. The van der Waals surface area contributed by atoms with E-state index in [1.54, 1.807) is 17.7 Å². The van der Waals surface area contributed by atoms with Crippen LogP contribution in [0.1, 0.15) is 25.6 Å². The molecule has 0 aliphatic heterocycles. The van der Waals surface area contributed by atoms with Gasteiger partial charge in [0.15, 0.2) is 5.75 Å². The number of aromatic nitrogens is 1. The lowest BCUT2D eigenvalue weighted by Gasteiger charge is -2.24. The quantitative estimate of drug-likeness (QED) is 0.785. The number of nitrogens with zero attached hydrogens (tertiary/aromatic N) is 1. The fourth-order valence-corrected chi connectivity index (χ4v) is 1.62. The van der Waals surface area contributed by atoms with Gasteiger partial charge in [0.1, 0.15) is 0 Å². The Morgan fingerprint density at radius 1 is 1.47 bits per heavy atom. The Hall–Kier alpha value is -1.29. The molecule has 1 heterocycles. The van der Waals surface area contributed by atoms with Gasteiger partial charge in [0.25, 0.3) is 0 Å². The Morgan fingerprint density at radius 3 is 2.53 bits per heavy atom. The SMILES string of the molecule is Cc1c(O)c(=O)ccn1[C@@H](CO)C(C)C. The molecule has 4 nitrogen and oxygen atoms in total. The van der Waals surface area contributed by atoms with Crippen LogP contribution in [0.15, 0.2) is 17.1 Å². The maximum Gasteiger partial charge on any atom is 0.223 e. The van der Waals surface area contributed by atoms with Crippen molar-refractivity contribution in [2.75, 3.05) is 6.61 Å². The summed E-state index contributed by atoms with van der Waals surface area (Å²) in [6, 6.07) is 1.20. The van der Waals surface area contributed by atoms with E-state index in [0.29, 0.717) is 5.69 Å². The molecule has 1 atom stereocenters. The first kappa shape index (κ1) is 11.8. The van der Waals surface area contributed by atoms with Crippen LogP contribution in [0.2, 0.25) is 0 Å². The normalized spacial score (nSPS) is 13.1. The third-order valence-electron chi connectivity index (χ3n) is 2.66. The van der Waals surface area contributed by atoms with Gasteiger partial charge in [0.05, 0.1) is 18.3 Å². The highest BCUT2D eigenvalue weighted by atomic mass is 16.3. The van der Waals surface area contributed by atoms with Crippen LogP contribution in [0, 0.1) is 12.8 Å². The molecule has 0 saturated carbocycles. The molecule has 84 valence electrons. The van der Waals surface area contributed by atoms with Crippen LogP contribution in [0.4, 0.5) is 0 Å². The number of aliphatic hydroxyl groups is 1. The molecule has 0 spiro atoms. The topological polar surface area (TPSA) is 62.5 Å². The highest BCUT2D eigenvalue weighted by Crippen LogP contribution is 2.21. The van der Waals surface area contributed by atoms with Crippen molar-refractivity contribution >= 4 is 0 Å². The summed E-state index contributed by atoms with van der Waals surface area (Å²) in [4.78, 5) is 11.1. The van der Waals surface area contributed by atoms with Gasteiger partial charge in [-0.2, -0.15) is 0 Å². The molecular formula is C11H17NO3. The summed E-state index contributed by atoms with van der Waals surface area (Å²) in [5.41, 5.74) is 0.111. The van der Waals surface area contributed by atoms with Crippen LogP contribution >= 0.6 is 0 Å². The first-order valence-corrected chi connectivity index (χ1v) is 5.00. The highest BCUT2D eigenvalue weighted by molar-refractivity contribution is 5.25. The summed E-state index contributed by atoms with van der Waals surface area (Å²) >= 11 is 0. The zero-order valence-corrected chi connectivity index (χ0v) is 9.27. The molecule has 0 aliphatic carbocycles. The lowest BCUT2D eigenvalue weighted by Crippen LogP contribution is -2.22. The van der Waals surface area contributed by atoms with Crippen molar-refractivity contribution in [2.45, 2.75) is 26.8 Å². The zero-order chi connectivity index (χ0) is 11.6. The highest BCUT2D eigenvalue weighted by Gasteiger charge is 2.17. The van der Waals surface area contributed by atoms with Crippen LogP contribution in [-0.2, 0) is 0 Å². The average molecular weight is 211 g/mol. The van der Waals surface area contributed by atoms with Gasteiger partial charge in [-0.15, -0.1) is 0 Å². The van der Waals surface area contributed by atoms with Gasteiger partial charge in [-0.1, -0.05) is 13.8 Å². The van der Waals surface area contributed by atoms with Gasteiger partial charge in [-0.25, -0.2) is 0 Å². The summed E-state index contributed by atoms with van der Waals surface area (Å²) in [6.45, 7) is 5.62. The Labute approximate surface area is 88.8 Å². The van der Waals surface area contributed by atoms with Crippen molar-refractivity contribution in [1.29, 1.82) is 0 Å². The van der Waals surface area contributed by atoms with E-state index in [-0.39, 0.29) is 29.7 Å². The van der Waals surface area contributed by atoms with E-state index in [0.717, 1.165) is 0 Å². The predicted octanol–water partition coefficient (Wildman–Crippen LogP) is 1.05. The summed E-state index contributed by atoms with van der Waals surface area (Å²) in [5.74, 6) is -0.00722. The van der Waals surface area contributed by atoms with E-state index in [9.17, 15) is 15.0 Å². The van der Waals surface area contributed by atoms with E-state index in [1.165, 1.54) is 6.07 Å². The first-order valence-electron chi connectivity index (χ1n) is 5.00. The average Bonchev–Trinajstić information content (AvgIpc) is 2.18. The lowest BCUT2D eigenvalue weighted by molar-refractivity contribution is 0.189. The minimum absolute atomic E-state index is 0.0131. The van der Waals surface area contributed by atoms with Gasteiger partial charge in [0.2, 0.25) is 5.43 Å². The van der Waals surface area contributed by atoms with Crippen molar-refractivity contribution in [3.8, 4) is 5.75 Å². The molecule has 0 bridgehead atoms. The standard InChI is InChI=1S/C11H17NO3/c1-7(2)9(6-13)12-5-4-10(14)11(15)8(12)3/h4-5,7,9,13,15H,6H2,1-3H3/t9-/m0/s1. The van der Waals surface area contributed by atoms with Gasteiger partial charge in [0, 0.05) is 12.3 Å². The van der Waals surface area contributed by atoms with E-state index in [1.807, 2.05) is 13.8 Å². The molecule has 0 aliphatic rings.